The average Bonchev–Trinajstić information content (AvgIpc) is 3.59. The van der Waals surface area contributed by atoms with Gasteiger partial charge in [-0.2, -0.15) is 0 Å². The van der Waals surface area contributed by atoms with E-state index in [1.54, 1.807) is 0 Å². The highest BCUT2D eigenvalue weighted by molar-refractivity contribution is 6.04. The molecule has 2 aliphatic rings. The van der Waals surface area contributed by atoms with E-state index in [0.717, 1.165) is 72.9 Å². The minimum atomic E-state index is 0.626. The van der Waals surface area contributed by atoms with E-state index in [1.807, 2.05) is 0 Å². The standard InChI is InChI=1S/C62H44N4/c1-3-16-42-29-34-48-39-46(47-36-38-60-56(40-47)53-23-10-9-22-52(53)54-24-12-14-28-59(54)66(60)49-19-5-4-6-20-49)35-37-58(48)65(41(42)2)62-63-57-27-13-11-25-55(57)61(64-62)45-32-30-44(31-33-45)51-26-15-18-43-17-7-8-21-50(43)51/h3-40H,1-2H3/b16-3-. The van der Waals surface area contributed by atoms with Crippen molar-refractivity contribution in [3.63, 3.8) is 0 Å². The van der Waals surface area contributed by atoms with Gasteiger partial charge >= 0.3 is 0 Å². The first-order valence-electron chi connectivity index (χ1n) is 22.6. The molecular formula is C62H44N4. The van der Waals surface area contributed by atoms with Crippen LogP contribution in [0.3, 0.4) is 0 Å². The number of anilines is 5. The van der Waals surface area contributed by atoms with Crippen molar-refractivity contribution in [1.82, 2.24) is 9.97 Å². The van der Waals surface area contributed by atoms with Gasteiger partial charge in [-0.1, -0.05) is 182 Å². The van der Waals surface area contributed by atoms with Gasteiger partial charge in [-0.25, -0.2) is 9.97 Å². The highest BCUT2D eigenvalue weighted by Crippen LogP contribution is 2.51. The van der Waals surface area contributed by atoms with Crippen molar-refractivity contribution in [1.29, 1.82) is 0 Å². The molecule has 4 heteroatoms. The molecule has 312 valence electrons. The normalized spacial score (nSPS) is 13.1. The number of fused-ring (bicyclic) bond motifs is 8. The molecule has 2 aliphatic heterocycles. The van der Waals surface area contributed by atoms with Crippen LogP contribution < -0.4 is 9.80 Å². The Morgan fingerprint density at radius 1 is 0.424 bits per heavy atom. The van der Waals surface area contributed by atoms with Crippen molar-refractivity contribution in [3.05, 3.63) is 241 Å². The van der Waals surface area contributed by atoms with Gasteiger partial charge < -0.3 is 4.90 Å². The van der Waals surface area contributed by atoms with E-state index >= 15 is 0 Å². The Morgan fingerprint density at radius 3 is 1.85 bits per heavy atom. The average molecular weight is 845 g/mol. The molecule has 9 aromatic carbocycles. The summed E-state index contributed by atoms with van der Waals surface area (Å²) in [6, 6.07) is 74.2. The second-order valence-corrected chi connectivity index (χ2v) is 16.9. The van der Waals surface area contributed by atoms with Gasteiger partial charge in [0.15, 0.2) is 0 Å². The van der Waals surface area contributed by atoms with Crippen LogP contribution in [-0.4, -0.2) is 9.97 Å². The van der Waals surface area contributed by atoms with Gasteiger partial charge in [0.25, 0.3) is 0 Å². The first-order chi connectivity index (χ1) is 32.6. The van der Waals surface area contributed by atoms with E-state index in [-0.39, 0.29) is 0 Å². The summed E-state index contributed by atoms with van der Waals surface area (Å²) in [4.78, 5) is 15.4. The lowest BCUT2D eigenvalue weighted by Crippen LogP contribution is -2.19. The molecule has 0 atom stereocenters. The lowest BCUT2D eigenvalue weighted by molar-refractivity contribution is 1.04. The lowest BCUT2D eigenvalue weighted by Gasteiger charge is -2.28. The number of aromatic nitrogens is 2. The Balaban J connectivity index is 0.982. The summed E-state index contributed by atoms with van der Waals surface area (Å²) in [5, 5.41) is 3.49. The topological polar surface area (TPSA) is 32.3 Å². The molecule has 0 aliphatic carbocycles. The summed E-state index contributed by atoms with van der Waals surface area (Å²) in [6.07, 6.45) is 8.71. The third kappa shape index (κ3) is 6.62. The van der Waals surface area contributed by atoms with Crippen LogP contribution in [0.5, 0.6) is 0 Å². The van der Waals surface area contributed by atoms with Crippen LogP contribution >= 0.6 is 0 Å². The van der Waals surface area contributed by atoms with Crippen LogP contribution in [0.2, 0.25) is 0 Å². The van der Waals surface area contributed by atoms with E-state index in [4.69, 9.17) is 9.97 Å². The molecule has 0 amide bonds. The maximum Gasteiger partial charge on any atom is 0.235 e. The van der Waals surface area contributed by atoms with Gasteiger partial charge in [-0.15, -0.1) is 0 Å². The number of nitrogens with zero attached hydrogens (tertiary/aromatic N) is 4. The molecule has 10 aromatic rings. The number of para-hydroxylation sites is 3. The van der Waals surface area contributed by atoms with Crippen LogP contribution in [0, 0.1) is 0 Å². The number of hydrogen-bond donors (Lipinski definition) is 0. The molecule has 66 heavy (non-hydrogen) atoms. The van der Waals surface area contributed by atoms with E-state index < -0.39 is 0 Å². The first-order valence-corrected chi connectivity index (χ1v) is 22.6. The van der Waals surface area contributed by atoms with Crippen LogP contribution in [0.1, 0.15) is 19.4 Å². The zero-order valence-electron chi connectivity index (χ0n) is 36.7. The van der Waals surface area contributed by atoms with Gasteiger partial charge in [0.2, 0.25) is 5.95 Å². The Hall–Kier alpha value is -8.60. The van der Waals surface area contributed by atoms with Crippen LogP contribution in [-0.2, 0) is 0 Å². The van der Waals surface area contributed by atoms with Gasteiger partial charge in [0.1, 0.15) is 0 Å². The van der Waals surface area contributed by atoms with Crippen molar-refractivity contribution in [3.8, 4) is 55.8 Å². The van der Waals surface area contributed by atoms with Gasteiger partial charge in [0.05, 0.1) is 28.3 Å². The molecule has 0 saturated heterocycles. The minimum Gasteiger partial charge on any atom is -0.309 e. The number of rotatable bonds is 6. The molecule has 4 nitrogen and oxygen atoms in total. The molecule has 0 fully saturated rings. The van der Waals surface area contributed by atoms with Gasteiger partial charge in [-0.3, -0.25) is 4.90 Å². The zero-order chi connectivity index (χ0) is 44.1. The lowest BCUT2D eigenvalue weighted by atomic mass is 9.92. The summed E-state index contributed by atoms with van der Waals surface area (Å²) in [5.74, 6) is 0.626. The second-order valence-electron chi connectivity index (χ2n) is 16.9. The Morgan fingerprint density at radius 2 is 1.03 bits per heavy atom. The van der Waals surface area contributed by atoms with E-state index in [2.05, 4.69) is 254 Å². The third-order valence-corrected chi connectivity index (χ3v) is 13.1. The highest BCUT2D eigenvalue weighted by Gasteiger charge is 2.27. The molecular weight excluding hydrogens is 801 g/mol. The fraction of sp³-hybridized carbons (Fsp3) is 0.0323. The molecule has 1 aromatic heterocycles. The number of benzene rings is 9. The van der Waals surface area contributed by atoms with Crippen LogP contribution in [0.15, 0.2) is 236 Å². The summed E-state index contributed by atoms with van der Waals surface area (Å²) in [6.45, 7) is 4.23. The predicted octanol–water partition coefficient (Wildman–Crippen LogP) is 16.9. The molecule has 0 spiro atoms. The quantitative estimate of drug-likeness (QED) is 0.167. The summed E-state index contributed by atoms with van der Waals surface area (Å²) in [7, 11) is 0. The molecule has 0 N–H and O–H groups in total. The van der Waals surface area contributed by atoms with Gasteiger partial charge in [0, 0.05) is 33.5 Å². The molecule has 12 rings (SSSR count). The van der Waals surface area contributed by atoms with Crippen molar-refractivity contribution in [2.45, 2.75) is 13.8 Å². The maximum atomic E-state index is 5.47. The fourth-order valence-electron chi connectivity index (χ4n) is 9.92. The largest absolute Gasteiger partial charge is 0.309 e. The van der Waals surface area contributed by atoms with E-state index in [1.165, 1.54) is 44.2 Å². The van der Waals surface area contributed by atoms with Crippen molar-refractivity contribution < 1.29 is 0 Å². The van der Waals surface area contributed by atoms with Crippen LogP contribution in [0.4, 0.5) is 28.7 Å². The molecule has 3 heterocycles. The first kappa shape index (κ1) is 39.0. The molecule has 0 bridgehead atoms. The summed E-state index contributed by atoms with van der Waals surface area (Å²) in [5.41, 5.74) is 20.0. The smallest absolute Gasteiger partial charge is 0.235 e. The number of allylic oxidation sites excluding steroid dienone is 5. The maximum absolute atomic E-state index is 5.47. The molecule has 0 unspecified atom stereocenters. The minimum absolute atomic E-state index is 0.626. The second kappa shape index (κ2) is 16.2. The van der Waals surface area contributed by atoms with Crippen molar-refractivity contribution >= 4 is 56.4 Å². The zero-order valence-corrected chi connectivity index (χ0v) is 36.7. The fourth-order valence-corrected chi connectivity index (χ4v) is 9.92. The van der Waals surface area contributed by atoms with Gasteiger partial charge in [-0.05, 0) is 118 Å². The van der Waals surface area contributed by atoms with Crippen LogP contribution in [0.25, 0.3) is 83.5 Å². The summed E-state index contributed by atoms with van der Waals surface area (Å²) >= 11 is 0. The summed E-state index contributed by atoms with van der Waals surface area (Å²) < 4.78 is 0. The Bertz CT molecular complexity index is 3610. The van der Waals surface area contributed by atoms with E-state index in [9.17, 15) is 0 Å². The third-order valence-electron chi connectivity index (χ3n) is 13.1. The van der Waals surface area contributed by atoms with Crippen molar-refractivity contribution in [2.75, 3.05) is 9.80 Å². The Labute approximate surface area is 385 Å². The molecule has 0 radical (unpaired) electrons. The number of hydrogen-bond acceptors (Lipinski definition) is 4. The van der Waals surface area contributed by atoms with E-state index in [0.29, 0.717) is 5.95 Å². The highest BCUT2D eigenvalue weighted by atomic mass is 15.3. The Kier molecular flexibility index (Phi) is 9.57. The SMILES string of the molecule is C/C=C\C1=C(C)N(c2nc(-c3ccc(-c4cccc5ccccc45)cc3)c3ccccc3n2)c2ccc(-c3ccc4c(c3)-c3ccccc3-c3ccccc3N4c3ccccc3)cc2C=C1. The molecule has 0 saturated carbocycles. The van der Waals surface area contributed by atoms with Crippen molar-refractivity contribution in [2.24, 2.45) is 0 Å². The predicted molar refractivity (Wildman–Crippen MR) is 278 cm³/mol. The monoisotopic (exact) mass is 844 g/mol.